The molecule has 0 aliphatic heterocycles. The van der Waals surface area contributed by atoms with E-state index in [1.165, 1.54) is 0 Å². The van der Waals surface area contributed by atoms with Crippen LogP contribution >= 0.6 is 24.0 Å². The Morgan fingerprint density at radius 1 is 1.57 bits per heavy atom. The van der Waals surface area contributed by atoms with Crippen LogP contribution in [0.2, 0.25) is 0 Å². The van der Waals surface area contributed by atoms with Crippen molar-refractivity contribution in [3.63, 3.8) is 0 Å². The van der Waals surface area contributed by atoms with Gasteiger partial charge in [-0.25, -0.2) is 0 Å². The molecule has 1 heterocycles. The average molecular weight is 211 g/mol. The average Bonchev–Trinajstić information content (AvgIpc) is 1.86. The fourth-order valence-electron chi connectivity index (χ4n) is 0.267. The van der Waals surface area contributed by atoms with Crippen LogP contribution in [0.5, 0.6) is 0 Å². The van der Waals surface area contributed by atoms with Crippen LogP contribution in [0.1, 0.15) is 0 Å². The highest BCUT2D eigenvalue weighted by Gasteiger charge is 1.70. The maximum absolute atomic E-state index is 3.58. The van der Waals surface area contributed by atoms with Gasteiger partial charge in [-0.05, 0) is 0 Å². The molecule has 0 bridgehead atoms. The van der Waals surface area contributed by atoms with E-state index in [1.807, 2.05) is 7.05 Å². The summed E-state index contributed by atoms with van der Waals surface area (Å²) in [4.78, 5) is 0. The molecule has 0 amide bonds. The minimum absolute atomic E-state index is 0. The molecule has 0 fully saturated rings. The molecule has 0 spiro atoms. The molecule has 40 valence electrons. The quantitative estimate of drug-likeness (QED) is 0.582. The molecule has 0 N–H and O–H groups in total. The molecule has 0 radical (unpaired) electrons. The molecule has 7 heavy (non-hydrogen) atoms. The summed E-state index contributed by atoms with van der Waals surface area (Å²) < 4.78 is 1.64. The lowest BCUT2D eigenvalue weighted by molar-refractivity contribution is 0.715. The van der Waals surface area contributed by atoms with Crippen molar-refractivity contribution in [2.75, 3.05) is 0 Å². The fourth-order valence-corrected chi connectivity index (χ4v) is 0.267. The van der Waals surface area contributed by atoms with Crippen LogP contribution in [0.4, 0.5) is 0 Å². The lowest BCUT2D eigenvalue weighted by atomic mass is 10.9. The van der Waals surface area contributed by atoms with Crippen LogP contribution in [-0.2, 0) is 7.05 Å². The molecule has 1 rings (SSSR count). The van der Waals surface area contributed by atoms with Crippen molar-refractivity contribution < 1.29 is 0 Å². The number of rotatable bonds is 0. The SMILES string of the molecule is Cn1ccnn1.I. The van der Waals surface area contributed by atoms with E-state index in [4.69, 9.17) is 0 Å². The Morgan fingerprint density at radius 2 is 2.29 bits per heavy atom. The zero-order valence-electron chi connectivity index (χ0n) is 3.90. The van der Waals surface area contributed by atoms with Gasteiger partial charge in [-0.1, -0.05) is 5.21 Å². The molecular weight excluding hydrogens is 205 g/mol. The predicted octanol–water partition coefficient (Wildman–Crippen LogP) is 0.433. The summed E-state index contributed by atoms with van der Waals surface area (Å²) >= 11 is 0. The van der Waals surface area contributed by atoms with Gasteiger partial charge in [0.05, 0.1) is 6.20 Å². The van der Waals surface area contributed by atoms with E-state index in [0.717, 1.165) is 0 Å². The van der Waals surface area contributed by atoms with E-state index in [0.29, 0.717) is 0 Å². The Kier molecular flexibility index (Phi) is 2.89. The topological polar surface area (TPSA) is 30.7 Å². The Morgan fingerprint density at radius 3 is 2.43 bits per heavy atom. The Balaban J connectivity index is 0.000000360. The highest BCUT2D eigenvalue weighted by Crippen LogP contribution is 1.66. The summed E-state index contributed by atoms with van der Waals surface area (Å²) in [6.45, 7) is 0. The van der Waals surface area contributed by atoms with Gasteiger partial charge in [0.1, 0.15) is 0 Å². The maximum Gasteiger partial charge on any atom is 0.0692 e. The first kappa shape index (κ1) is 6.87. The first-order chi connectivity index (χ1) is 2.89. The van der Waals surface area contributed by atoms with E-state index >= 15 is 0 Å². The normalized spacial score (nSPS) is 7.57. The van der Waals surface area contributed by atoms with Gasteiger partial charge in [-0.3, -0.25) is 4.68 Å². The molecule has 0 aliphatic carbocycles. The van der Waals surface area contributed by atoms with Crippen LogP contribution in [0.3, 0.4) is 0 Å². The van der Waals surface area contributed by atoms with Crippen molar-refractivity contribution in [3.05, 3.63) is 12.4 Å². The summed E-state index contributed by atoms with van der Waals surface area (Å²) in [5.74, 6) is 0. The van der Waals surface area contributed by atoms with Gasteiger partial charge < -0.3 is 0 Å². The first-order valence-corrected chi connectivity index (χ1v) is 1.70. The molecule has 0 aromatic carbocycles. The van der Waals surface area contributed by atoms with Gasteiger partial charge in [0.2, 0.25) is 0 Å². The standard InChI is InChI=1S/C3H5N3.HI/c1-6-3-2-4-5-6;/h2-3H,1H3;1H. The van der Waals surface area contributed by atoms with Crippen molar-refractivity contribution in [2.45, 2.75) is 0 Å². The van der Waals surface area contributed by atoms with Crippen LogP contribution < -0.4 is 0 Å². The first-order valence-electron chi connectivity index (χ1n) is 1.70. The lowest BCUT2D eigenvalue weighted by Crippen LogP contribution is -1.85. The van der Waals surface area contributed by atoms with Gasteiger partial charge in [-0.15, -0.1) is 29.1 Å². The number of halogens is 1. The van der Waals surface area contributed by atoms with E-state index < -0.39 is 0 Å². The second-order valence-corrected chi connectivity index (χ2v) is 1.08. The summed E-state index contributed by atoms with van der Waals surface area (Å²) in [5.41, 5.74) is 0. The van der Waals surface area contributed by atoms with E-state index in [-0.39, 0.29) is 24.0 Å². The third kappa shape index (κ3) is 1.86. The van der Waals surface area contributed by atoms with E-state index in [2.05, 4.69) is 10.3 Å². The van der Waals surface area contributed by atoms with Crippen LogP contribution in [0.25, 0.3) is 0 Å². The second-order valence-electron chi connectivity index (χ2n) is 1.08. The van der Waals surface area contributed by atoms with Gasteiger partial charge in [-0.2, -0.15) is 0 Å². The molecule has 0 aliphatic rings. The van der Waals surface area contributed by atoms with Crippen LogP contribution in [-0.4, -0.2) is 15.0 Å². The minimum Gasteiger partial charge on any atom is -0.256 e. The van der Waals surface area contributed by atoms with E-state index in [9.17, 15) is 0 Å². The van der Waals surface area contributed by atoms with Crippen LogP contribution in [0.15, 0.2) is 12.4 Å². The smallest absolute Gasteiger partial charge is 0.0692 e. The Bertz CT molecular complexity index is 114. The van der Waals surface area contributed by atoms with Gasteiger partial charge in [0.25, 0.3) is 0 Å². The van der Waals surface area contributed by atoms with Crippen molar-refractivity contribution >= 4 is 24.0 Å². The van der Waals surface area contributed by atoms with Gasteiger partial charge >= 0.3 is 0 Å². The molecule has 3 nitrogen and oxygen atoms in total. The van der Waals surface area contributed by atoms with Gasteiger partial charge in [0.15, 0.2) is 0 Å². The predicted molar refractivity (Wildman–Crippen MR) is 36.4 cm³/mol. The minimum atomic E-state index is 0. The third-order valence-electron chi connectivity index (χ3n) is 0.542. The van der Waals surface area contributed by atoms with Crippen molar-refractivity contribution in [2.24, 2.45) is 7.05 Å². The molecule has 0 saturated carbocycles. The zero-order chi connectivity index (χ0) is 4.41. The zero-order valence-corrected chi connectivity index (χ0v) is 6.23. The summed E-state index contributed by atoms with van der Waals surface area (Å²) in [5, 5.41) is 7.12. The van der Waals surface area contributed by atoms with Crippen molar-refractivity contribution in [1.29, 1.82) is 0 Å². The summed E-state index contributed by atoms with van der Waals surface area (Å²) in [6.07, 6.45) is 3.42. The van der Waals surface area contributed by atoms with Gasteiger partial charge in [0, 0.05) is 13.2 Å². The molecule has 0 atom stereocenters. The largest absolute Gasteiger partial charge is 0.256 e. The molecule has 1 aromatic heterocycles. The Hall–Kier alpha value is -0.130. The molecule has 0 unspecified atom stereocenters. The number of hydrogen-bond donors (Lipinski definition) is 0. The maximum atomic E-state index is 3.58. The summed E-state index contributed by atoms with van der Waals surface area (Å²) in [6, 6.07) is 0. The van der Waals surface area contributed by atoms with Crippen LogP contribution in [0, 0.1) is 0 Å². The number of aryl methyl sites for hydroxylation is 1. The summed E-state index contributed by atoms with van der Waals surface area (Å²) in [7, 11) is 1.83. The lowest BCUT2D eigenvalue weighted by Gasteiger charge is -1.74. The highest BCUT2D eigenvalue weighted by molar-refractivity contribution is 14.0. The molecule has 0 saturated heterocycles. The number of aromatic nitrogens is 3. The van der Waals surface area contributed by atoms with Crippen molar-refractivity contribution in [1.82, 2.24) is 15.0 Å². The van der Waals surface area contributed by atoms with E-state index in [1.54, 1.807) is 17.1 Å². The monoisotopic (exact) mass is 211 g/mol. The molecule has 1 aromatic rings. The third-order valence-corrected chi connectivity index (χ3v) is 0.542. The highest BCUT2D eigenvalue weighted by atomic mass is 127. The molecular formula is C3H6IN3. The fraction of sp³-hybridized carbons (Fsp3) is 0.333. The Labute approximate surface area is 58.7 Å². The second kappa shape index (κ2) is 2.95. The number of hydrogen-bond acceptors (Lipinski definition) is 2. The number of nitrogens with zero attached hydrogens (tertiary/aromatic N) is 3. The molecule has 4 heteroatoms. The van der Waals surface area contributed by atoms with Crippen molar-refractivity contribution in [3.8, 4) is 0 Å².